The number of pyridine rings is 1. The summed E-state index contributed by atoms with van der Waals surface area (Å²) in [6.45, 7) is 1.05. The minimum Gasteiger partial charge on any atom is -0.352 e. The van der Waals surface area contributed by atoms with Crippen LogP contribution >= 0.6 is 27.3 Å². The Hall–Kier alpha value is -0.610. The van der Waals surface area contributed by atoms with Gasteiger partial charge in [-0.25, -0.2) is 4.98 Å². The summed E-state index contributed by atoms with van der Waals surface area (Å²) in [7, 11) is 0. The van der Waals surface area contributed by atoms with Gasteiger partial charge in [-0.3, -0.25) is 0 Å². The standard InChI is InChI=1S/C12H13BrN2S/c13-5-7-15(9-1-2-9)12-10-4-8-16-11(10)3-6-14-12/h3-4,6,8-9H,1-2,5,7H2. The van der Waals surface area contributed by atoms with E-state index < -0.39 is 0 Å². The molecule has 0 radical (unpaired) electrons. The maximum atomic E-state index is 4.57. The van der Waals surface area contributed by atoms with E-state index in [4.69, 9.17) is 0 Å². The van der Waals surface area contributed by atoms with Gasteiger partial charge in [-0.05, 0) is 30.4 Å². The van der Waals surface area contributed by atoms with Gasteiger partial charge in [0.05, 0.1) is 0 Å². The molecule has 0 spiro atoms. The zero-order valence-electron chi connectivity index (χ0n) is 8.90. The van der Waals surface area contributed by atoms with Crippen molar-refractivity contribution in [3.8, 4) is 0 Å². The lowest BCUT2D eigenvalue weighted by Gasteiger charge is -2.23. The lowest BCUT2D eigenvalue weighted by atomic mass is 10.3. The number of fused-ring (bicyclic) bond motifs is 1. The lowest BCUT2D eigenvalue weighted by molar-refractivity contribution is 0.821. The van der Waals surface area contributed by atoms with Crippen LogP contribution in [0.5, 0.6) is 0 Å². The van der Waals surface area contributed by atoms with Crippen molar-refractivity contribution in [3.05, 3.63) is 23.7 Å². The second-order valence-electron chi connectivity index (χ2n) is 4.08. The molecule has 4 heteroatoms. The summed E-state index contributed by atoms with van der Waals surface area (Å²) in [5, 5.41) is 4.46. The number of thiophene rings is 1. The second kappa shape index (κ2) is 4.34. The van der Waals surface area contributed by atoms with Crippen LogP contribution in [-0.4, -0.2) is 22.9 Å². The van der Waals surface area contributed by atoms with Crippen molar-refractivity contribution in [1.29, 1.82) is 0 Å². The SMILES string of the molecule is BrCCN(c1nccc2sccc12)C1CC1. The van der Waals surface area contributed by atoms with Crippen LogP contribution in [-0.2, 0) is 0 Å². The van der Waals surface area contributed by atoms with Gasteiger partial charge in [0.2, 0.25) is 0 Å². The van der Waals surface area contributed by atoms with Crippen molar-refractivity contribution >= 4 is 43.2 Å². The van der Waals surface area contributed by atoms with Gasteiger partial charge in [0, 0.05) is 34.2 Å². The molecule has 1 fully saturated rings. The molecular formula is C12H13BrN2S. The molecule has 0 aromatic carbocycles. The molecule has 1 aliphatic rings. The van der Waals surface area contributed by atoms with Gasteiger partial charge in [-0.2, -0.15) is 0 Å². The van der Waals surface area contributed by atoms with Crippen molar-refractivity contribution in [1.82, 2.24) is 4.98 Å². The molecule has 1 aliphatic carbocycles. The smallest absolute Gasteiger partial charge is 0.137 e. The Morgan fingerprint density at radius 3 is 3.06 bits per heavy atom. The fraction of sp³-hybridized carbons (Fsp3) is 0.417. The fourth-order valence-corrected chi connectivity index (χ4v) is 3.21. The number of alkyl halides is 1. The van der Waals surface area contributed by atoms with Gasteiger partial charge in [0.1, 0.15) is 5.82 Å². The molecular weight excluding hydrogens is 284 g/mol. The van der Waals surface area contributed by atoms with E-state index in [9.17, 15) is 0 Å². The molecule has 2 nitrogen and oxygen atoms in total. The molecule has 0 amide bonds. The van der Waals surface area contributed by atoms with Crippen LogP contribution in [0, 0.1) is 0 Å². The summed E-state index contributed by atoms with van der Waals surface area (Å²) >= 11 is 5.32. The largest absolute Gasteiger partial charge is 0.352 e. The first kappa shape index (κ1) is 10.5. The van der Waals surface area contributed by atoms with Crippen LogP contribution in [0.1, 0.15) is 12.8 Å². The van der Waals surface area contributed by atoms with Gasteiger partial charge >= 0.3 is 0 Å². The Morgan fingerprint density at radius 1 is 1.44 bits per heavy atom. The van der Waals surface area contributed by atoms with E-state index in [0.717, 1.165) is 17.9 Å². The van der Waals surface area contributed by atoms with E-state index in [0.29, 0.717) is 0 Å². The van der Waals surface area contributed by atoms with E-state index in [1.807, 2.05) is 6.20 Å². The van der Waals surface area contributed by atoms with Gasteiger partial charge in [0.25, 0.3) is 0 Å². The fourth-order valence-electron chi connectivity index (χ4n) is 2.05. The summed E-state index contributed by atoms with van der Waals surface area (Å²) in [5.41, 5.74) is 0. The van der Waals surface area contributed by atoms with Crippen molar-refractivity contribution in [2.24, 2.45) is 0 Å². The zero-order valence-corrected chi connectivity index (χ0v) is 11.3. The summed E-state index contributed by atoms with van der Waals surface area (Å²) in [4.78, 5) is 7.02. The highest BCUT2D eigenvalue weighted by molar-refractivity contribution is 9.09. The number of rotatable bonds is 4. The van der Waals surface area contributed by atoms with Crippen LogP contribution in [0.15, 0.2) is 23.7 Å². The molecule has 0 N–H and O–H groups in total. The van der Waals surface area contributed by atoms with Gasteiger partial charge < -0.3 is 4.90 Å². The van der Waals surface area contributed by atoms with Gasteiger partial charge in [-0.15, -0.1) is 11.3 Å². The highest BCUT2D eigenvalue weighted by Gasteiger charge is 2.30. The molecule has 2 aromatic rings. The van der Waals surface area contributed by atoms with Crippen molar-refractivity contribution in [3.63, 3.8) is 0 Å². The van der Waals surface area contributed by atoms with E-state index in [1.54, 1.807) is 11.3 Å². The number of halogens is 1. The lowest BCUT2D eigenvalue weighted by Crippen LogP contribution is -2.28. The van der Waals surface area contributed by atoms with Gasteiger partial charge in [0.15, 0.2) is 0 Å². The molecule has 0 atom stereocenters. The van der Waals surface area contributed by atoms with Crippen molar-refractivity contribution in [2.75, 3.05) is 16.8 Å². The predicted molar refractivity (Wildman–Crippen MR) is 73.8 cm³/mol. The normalized spacial score (nSPS) is 15.6. The molecule has 0 bridgehead atoms. The number of hydrogen-bond donors (Lipinski definition) is 0. The number of hydrogen-bond acceptors (Lipinski definition) is 3. The van der Waals surface area contributed by atoms with E-state index in [2.05, 4.69) is 43.3 Å². The first-order valence-electron chi connectivity index (χ1n) is 5.55. The third kappa shape index (κ3) is 1.84. The monoisotopic (exact) mass is 296 g/mol. The molecule has 84 valence electrons. The quantitative estimate of drug-likeness (QED) is 0.801. The average molecular weight is 297 g/mol. The van der Waals surface area contributed by atoms with Crippen LogP contribution in [0.3, 0.4) is 0 Å². The Kier molecular flexibility index (Phi) is 2.86. The molecule has 3 rings (SSSR count). The highest BCUT2D eigenvalue weighted by Crippen LogP contribution is 2.35. The van der Waals surface area contributed by atoms with Crippen LogP contribution in [0.2, 0.25) is 0 Å². The molecule has 0 unspecified atom stereocenters. The van der Waals surface area contributed by atoms with Crippen molar-refractivity contribution in [2.45, 2.75) is 18.9 Å². The Bertz CT molecular complexity index is 492. The number of aromatic nitrogens is 1. The minimum absolute atomic E-state index is 0.718. The molecule has 0 saturated heterocycles. The third-order valence-electron chi connectivity index (χ3n) is 2.94. The van der Waals surface area contributed by atoms with Crippen LogP contribution < -0.4 is 4.90 Å². The zero-order chi connectivity index (χ0) is 11.0. The summed E-state index contributed by atoms with van der Waals surface area (Å²) in [6, 6.07) is 5.00. The third-order valence-corrected chi connectivity index (χ3v) is 4.18. The maximum absolute atomic E-state index is 4.57. The topological polar surface area (TPSA) is 16.1 Å². The van der Waals surface area contributed by atoms with Crippen LogP contribution in [0.4, 0.5) is 5.82 Å². The maximum Gasteiger partial charge on any atom is 0.137 e. The van der Waals surface area contributed by atoms with E-state index >= 15 is 0 Å². The Morgan fingerprint density at radius 2 is 2.31 bits per heavy atom. The number of nitrogens with zero attached hydrogens (tertiary/aromatic N) is 2. The predicted octanol–water partition coefficient (Wildman–Crippen LogP) is 3.66. The van der Waals surface area contributed by atoms with E-state index in [1.165, 1.54) is 28.7 Å². The molecule has 1 saturated carbocycles. The average Bonchev–Trinajstić information content (AvgIpc) is 3.02. The van der Waals surface area contributed by atoms with Gasteiger partial charge in [-0.1, -0.05) is 15.9 Å². The molecule has 2 aromatic heterocycles. The highest BCUT2D eigenvalue weighted by atomic mass is 79.9. The summed E-state index contributed by atoms with van der Waals surface area (Å²) in [6.07, 6.45) is 4.56. The molecule has 0 aliphatic heterocycles. The molecule has 2 heterocycles. The summed E-state index contributed by atoms with van der Waals surface area (Å²) < 4.78 is 1.34. The molecule has 16 heavy (non-hydrogen) atoms. The number of anilines is 1. The Labute approximate surface area is 107 Å². The first-order chi connectivity index (χ1) is 7.90. The van der Waals surface area contributed by atoms with Crippen LogP contribution in [0.25, 0.3) is 10.1 Å². The minimum atomic E-state index is 0.718. The second-order valence-corrected chi connectivity index (χ2v) is 5.82. The first-order valence-corrected chi connectivity index (χ1v) is 7.55. The summed E-state index contributed by atoms with van der Waals surface area (Å²) in [5.74, 6) is 1.17. The van der Waals surface area contributed by atoms with E-state index in [-0.39, 0.29) is 0 Å². The Balaban J connectivity index is 2.04. The van der Waals surface area contributed by atoms with Crippen molar-refractivity contribution < 1.29 is 0 Å².